The fourth-order valence-corrected chi connectivity index (χ4v) is 3.00. The van der Waals surface area contributed by atoms with Crippen LogP contribution in [-0.4, -0.2) is 59.4 Å². The van der Waals surface area contributed by atoms with E-state index in [0.717, 1.165) is 5.69 Å². The molecule has 26 heavy (non-hydrogen) atoms. The number of benzene rings is 1. The average Bonchev–Trinajstić information content (AvgIpc) is 3.16. The first kappa shape index (κ1) is 18.0. The molecule has 0 atom stereocenters. The summed E-state index contributed by atoms with van der Waals surface area (Å²) < 4.78 is 19.1. The number of amides is 2. The molecule has 1 aromatic heterocycles. The second-order valence-corrected chi connectivity index (χ2v) is 6.12. The molecule has 1 fully saturated rings. The average molecular weight is 359 g/mol. The molecule has 7 heteroatoms. The van der Waals surface area contributed by atoms with Gasteiger partial charge in [-0.3, -0.25) is 9.59 Å². The van der Waals surface area contributed by atoms with Crippen molar-refractivity contribution in [2.45, 2.75) is 13.3 Å². The number of ether oxygens (including phenoxy) is 1. The Labute approximate surface area is 151 Å². The third-order valence-electron chi connectivity index (χ3n) is 4.40. The molecule has 138 valence electrons. The zero-order valence-corrected chi connectivity index (χ0v) is 14.7. The van der Waals surface area contributed by atoms with Gasteiger partial charge in [0.2, 0.25) is 5.91 Å². The summed E-state index contributed by atoms with van der Waals surface area (Å²) in [5, 5.41) is 0. The van der Waals surface area contributed by atoms with E-state index in [1.807, 2.05) is 12.1 Å². The number of piperazine rings is 1. The van der Waals surface area contributed by atoms with Gasteiger partial charge in [0.25, 0.3) is 5.91 Å². The van der Waals surface area contributed by atoms with Crippen LogP contribution in [0.1, 0.15) is 23.0 Å². The van der Waals surface area contributed by atoms with Crippen LogP contribution in [0.5, 0.6) is 5.75 Å². The van der Waals surface area contributed by atoms with E-state index >= 15 is 0 Å². The zero-order valence-electron chi connectivity index (χ0n) is 14.7. The van der Waals surface area contributed by atoms with E-state index < -0.39 is 5.82 Å². The summed E-state index contributed by atoms with van der Waals surface area (Å²) in [6.45, 7) is 3.96. The zero-order chi connectivity index (χ0) is 18.5. The van der Waals surface area contributed by atoms with Gasteiger partial charge in [-0.05, 0) is 37.3 Å². The number of hydrogen-bond donors (Lipinski definition) is 1. The van der Waals surface area contributed by atoms with Crippen molar-refractivity contribution in [2.75, 3.05) is 32.8 Å². The lowest BCUT2D eigenvalue weighted by Gasteiger charge is -2.34. The van der Waals surface area contributed by atoms with E-state index in [0.29, 0.717) is 39.2 Å². The number of rotatable bonds is 5. The molecule has 1 aromatic carbocycles. The first-order valence-electron chi connectivity index (χ1n) is 8.70. The van der Waals surface area contributed by atoms with Crippen molar-refractivity contribution in [1.82, 2.24) is 14.8 Å². The Kier molecular flexibility index (Phi) is 5.55. The normalized spacial score (nSPS) is 14.4. The van der Waals surface area contributed by atoms with Crippen molar-refractivity contribution in [3.05, 3.63) is 53.6 Å². The second-order valence-electron chi connectivity index (χ2n) is 6.12. The Morgan fingerprint density at radius 3 is 2.50 bits per heavy atom. The molecule has 3 rings (SSSR count). The molecule has 2 heterocycles. The van der Waals surface area contributed by atoms with Gasteiger partial charge in [-0.15, -0.1) is 0 Å². The number of nitrogens with zero attached hydrogens (tertiary/aromatic N) is 2. The summed E-state index contributed by atoms with van der Waals surface area (Å²) in [5.41, 5.74) is 1.16. The van der Waals surface area contributed by atoms with Gasteiger partial charge in [0.05, 0.1) is 13.0 Å². The maximum Gasteiger partial charge on any atom is 0.254 e. The molecule has 2 amide bonds. The van der Waals surface area contributed by atoms with E-state index in [4.69, 9.17) is 4.74 Å². The molecule has 0 bridgehead atoms. The Morgan fingerprint density at radius 2 is 1.88 bits per heavy atom. The van der Waals surface area contributed by atoms with Crippen molar-refractivity contribution in [1.29, 1.82) is 0 Å². The largest absolute Gasteiger partial charge is 0.491 e. The molecule has 1 N–H and O–H groups in total. The van der Waals surface area contributed by atoms with Gasteiger partial charge in [-0.25, -0.2) is 4.39 Å². The molecule has 0 saturated carbocycles. The lowest BCUT2D eigenvalue weighted by molar-refractivity contribution is -0.132. The highest BCUT2D eigenvalue weighted by molar-refractivity contribution is 5.94. The third kappa shape index (κ3) is 4.04. The van der Waals surface area contributed by atoms with Crippen molar-refractivity contribution in [3.8, 4) is 5.75 Å². The fourth-order valence-electron chi connectivity index (χ4n) is 3.00. The van der Waals surface area contributed by atoms with Gasteiger partial charge in [0.15, 0.2) is 11.6 Å². The fraction of sp³-hybridized carbons (Fsp3) is 0.368. The lowest BCUT2D eigenvalue weighted by atomic mass is 10.1. The minimum absolute atomic E-state index is 0.0339. The quantitative estimate of drug-likeness (QED) is 0.889. The summed E-state index contributed by atoms with van der Waals surface area (Å²) in [6.07, 6.45) is 2.11. The molecule has 1 aliphatic heterocycles. The van der Waals surface area contributed by atoms with E-state index in [2.05, 4.69) is 4.98 Å². The molecule has 0 radical (unpaired) electrons. The lowest BCUT2D eigenvalue weighted by Crippen LogP contribution is -2.51. The number of H-pyrrole nitrogens is 1. The van der Waals surface area contributed by atoms with E-state index in [1.54, 1.807) is 29.0 Å². The van der Waals surface area contributed by atoms with Crippen LogP contribution in [0.4, 0.5) is 4.39 Å². The highest BCUT2D eigenvalue weighted by atomic mass is 19.1. The molecule has 0 aliphatic carbocycles. The monoisotopic (exact) mass is 359 g/mol. The number of carbonyl (C=O) groups excluding carboxylic acids is 2. The molecule has 1 saturated heterocycles. The van der Waals surface area contributed by atoms with Crippen LogP contribution in [0.25, 0.3) is 0 Å². The van der Waals surface area contributed by atoms with Crippen LogP contribution < -0.4 is 4.74 Å². The van der Waals surface area contributed by atoms with Gasteiger partial charge in [-0.2, -0.15) is 0 Å². The van der Waals surface area contributed by atoms with Crippen molar-refractivity contribution in [3.63, 3.8) is 0 Å². The predicted octanol–water partition coefficient (Wildman–Crippen LogP) is 2.08. The highest BCUT2D eigenvalue weighted by Gasteiger charge is 2.25. The number of nitrogens with one attached hydrogen (secondary N) is 1. The van der Waals surface area contributed by atoms with Gasteiger partial charge in [0, 0.05) is 43.6 Å². The molecular formula is C19H22FN3O3. The minimum Gasteiger partial charge on any atom is -0.491 e. The summed E-state index contributed by atoms with van der Waals surface area (Å²) >= 11 is 0. The van der Waals surface area contributed by atoms with E-state index in [1.165, 1.54) is 12.1 Å². The maximum absolute atomic E-state index is 14.0. The van der Waals surface area contributed by atoms with Crippen molar-refractivity contribution >= 4 is 11.8 Å². The van der Waals surface area contributed by atoms with Crippen LogP contribution in [0.2, 0.25) is 0 Å². The van der Waals surface area contributed by atoms with Crippen molar-refractivity contribution < 1.29 is 18.7 Å². The SMILES string of the molecule is CCOc1ccc(C(=O)N2CCN(C(=O)Cc3ccc[nH]3)CC2)cc1F. The summed E-state index contributed by atoms with van der Waals surface area (Å²) in [4.78, 5) is 31.3. The molecule has 2 aromatic rings. The van der Waals surface area contributed by atoms with Crippen LogP contribution in [0.3, 0.4) is 0 Å². The van der Waals surface area contributed by atoms with Crippen LogP contribution in [-0.2, 0) is 11.2 Å². The van der Waals surface area contributed by atoms with Gasteiger partial charge in [-0.1, -0.05) is 0 Å². The second kappa shape index (κ2) is 8.03. The van der Waals surface area contributed by atoms with E-state index in [9.17, 15) is 14.0 Å². The molecule has 6 nitrogen and oxygen atoms in total. The van der Waals surface area contributed by atoms with Gasteiger partial charge < -0.3 is 19.5 Å². The Morgan fingerprint density at radius 1 is 1.15 bits per heavy atom. The molecule has 1 aliphatic rings. The number of aromatic nitrogens is 1. The van der Waals surface area contributed by atoms with Crippen molar-refractivity contribution in [2.24, 2.45) is 0 Å². The third-order valence-corrected chi connectivity index (χ3v) is 4.40. The topological polar surface area (TPSA) is 65.6 Å². The number of hydrogen-bond acceptors (Lipinski definition) is 3. The maximum atomic E-state index is 14.0. The molecule has 0 unspecified atom stereocenters. The predicted molar refractivity (Wildman–Crippen MR) is 94.5 cm³/mol. The number of aromatic amines is 1. The summed E-state index contributed by atoms with van der Waals surface area (Å²) in [6, 6.07) is 7.98. The minimum atomic E-state index is -0.544. The highest BCUT2D eigenvalue weighted by Crippen LogP contribution is 2.20. The van der Waals surface area contributed by atoms with E-state index in [-0.39, 0.29) is 23.1 Å². The van der Waals surface area contributed by atoms with Crippen LogP contribution >= 0.6 is 0 Å². The summed E-state index contributed by atoms with van der Waals surface area (Å²) in [5.74, 6) is -0.601. The Bertz CT molecular complexity index is 768. The first-order chi connectivity index (χ1) is 12.6. The molecular weight excluding hydrogens is 337 g/mol. The van der Waals surface area contributed by atoms with Gasteiger partial charge >= 0.3 is 0 Å². The Hall–Kier alpha value is -2.83. The standard InChI is InChI=1S/C19H22FN3O3/c1-2-26-17-6-5-14(12-16(17)20)19(25)23-10-8-22(9-11-23)18(24)13-15-4-3-7-21-15/h3-7,12,21H,2,8-11,13H2,1H3. The smallest absolute Gasteiger partial charge is 0.254 e. The van der Waals surface area contributed by atoms with Gasteiger partial charge in [0.1, 0.15) is 0 Å². The number of halogens is 1. The number of carbonyl (C=O) groups is 2. The first-order valence-corrected chi connectivity index (χ1v) is 8.70. The summed E-state index contributed by atoms with van der Waals surface area (Å²) in [7, 11) is 0. The van der Waals surface area contributed by atoms with Crippen LogP contribution in [0.15, 0.2) is 36.5 Å². The Balaban J connectivity index is 1.56. The van der Waals surface area contributed by atoms with Crippen LogP contribution in [0, 0.1) is 5.82 Å². The molecule has 0 spiro atoms.